The third-order valence-corrected chi connectivity index (χ3v) is 3.73. The van der Waals surface area contributed by atoms with Crippen LogP contribution in [0.15, 0.2) is 36.5 Å². The molecule has 0 atom stereocenters. The molecule has 92 valence electrons. The van der Waals surface area contributed by atoms with Gasteiger partial charge in [0.2, 0.25) is 0 Å². The second-order valence-electron chi connectivity index (χ2n) is 4.16. The summed E-state index contributed by atoms with van der Waals surface area (Å²) in [4.78, 5) is 4.58. The summed E-state index contributed by atoms with van der Waals surface area (Å²) < 4.78 is 3.06. The first-order valence-corrected chi connectivity index (χ1v) is 6.66. The number of hydrogen-bond acceptors (Lipinski definition) is 4. The average Bonchev–Trinajstić information content (AvgIpc) is 2.95. The number of rotatable bonds is 4. The molecule has 5 heteroatoms. The summed E-state index contributed by atoms with van der Waals surface area (Å²) in [6.07, 6.45) is 1.95. The molecule has 18 heavy (non-hydrogen) atoms. The molecule has 2 heterocycles. The highest BCUT2D eigenvalue weighted by Crippen LogP contribution is 2.21. The van der Waals surface area contributed by atoms with Crippen molar-refractivity contribution in [1.29, 1.82) is 0 Å². The summed E-state index contributed by atoms with van der Waals surface area (Å²) >= 11 is 1.74. The van der Waals surface area contributed by atoms with Crippen molar-refractivity contribution in [1.82, 2.24) is 20.1 Å². The molecule has 1 N–H and O–H groups in total. The van der Waals surface area contributed by atoms with Crippen LogP contribution in [0.25, 0.3) is 10.2 Å². The van der Waals surface area contributed by atoms with Gasteiger partial charge in [0.25, 0.3) is 0 Å². The lowest BCUT2D eigenvalue weighted by atomic mass is 10.3. The molecule has 0 saturated carbocycles. The van der Waals surface area contributed by atoms with Crippen LogP contribution in [-0.2, 0) is 20.1 Å². The van der Waals surface area contributed by atoms with Gasteiger partial charge in [-0.15, -0.1) is 11.3 Å². The molecule has 0 fully saturated rings. The minimum absolute atomic E-state index is 0.775. The molecular weight excluding hydrogens is 244 g/mol. The van der Waals surface area contributed by atoms with E-state index >= 15 is 0 Å². The fourth-order valence-corrected chi connectivity index (χ4v) is 2.79. The summed E-state index contributed by atoms with van der Waals surface area (Å²) in [5, 5.41) is 8.80. The number of thiazole rings is 1. The molecule has 4 nitrogen and oxygen atoms in total. The highest BCUT2D eigenvalue weighted by molar-refractivity contribution is 7.18. The van der Waals surface area contributed by atoms with E-state index in [1.807, 2.05) is 42.2 Å². The second-order valence-corrected chi connectivity index (χ2v) is 5.27. The van der Waals surface area contributed by atoms with E-state index in [-0.39, 0.29) is 0 Å². The number of hydrogen-bond donors (Lipinski definition) is 1. The van der Waals surface area contributed by atoms with Gasteiger partial charge >= 0.3 is 0 Å². The van der Waals surface area contributed by atoms with Crippen LogP contribution in [0.4, 0.5) is 0 Å². The number of nitrogens with one attached hydrogen (secondary N) is 1. The molecule has 0 unspecified atom stereocenters. The molecule has 3 rings (SSSR count). The maximum atomic E-state index is 4.58. The van der Waals surface area contributed by atoms with Crippen molar-refractivity contribution >= 4 is 21.6 Å². The molecule has 3 aromatic rings. The quantitative estimate of drug-likeness (QED) is 0.781. The van der Waals surface area contributed by atoms with E-state index in [1.54, 1.807) is 11.3 Å². The number of nitrogens with zero attached hydrogens (tertiary/aromatic N) is 3. The SMILES string of the molecule is Cn1ccc(CNCc2nc3ccccc3s2)n1. The maximum absolute atomic E-state index is 4.58. The first-order chi connectivity index (χ1) is 8.81. The highest BCUT2D eigenvalue weighted by atomic mass is 32.1. The van der Waals surface area contributed by atoms with Gasteiger partial charge < -0.3 is 5.32 Å². The monoisotopic (exact) mass is 258 g/mol. The Kier molecular flexibility index (Phi) is 3.08. The van der Waals surface area contributed by atoms with Crippen molar-refractivity contribution in [2.45, 2.75) is 13.1 Å². The standard InChI is InChI=1S/C13H14N4S/c1-17-7-6-10(16-17)8-14-9-13-15-11-4-2-3-5-12(11)18-13/h2-7,14H,8-9H2,1H3. The van der Waals surface area contributed by atoms with Crippen LogP contribution in [0.3, 0.4) is 0 Å². The molecular formula is C13H14N4S. The second kappa shape index (κ2) is 4.88. The molecule has 1 aromatic carbocycles. The number of benzene rings is 1. The van der Waals surface area contributed by atoms with Crippen molar-refractivity contribution in [2.75, 3.05) is 0 Å². The zero-order chi connectivity index (χ0) is 12.4. The van der Waals surface area contributed by atoms with E-state index in [1.165, 1.54) is 4.70 Å². The van der Waals surface area contributed by atoms with Crippen LogP contribution in [0.5, 0.6) is 0 Å². The van der Waals surface area contributed by atoms with E-state index in [9.17, 15) is 0 Å². The Morgan fingerprint density at radius 3 is 2.89 bits per heavy atom. The first-order valence-electron chi connectivity index (χ1n) is 5.85. The Balaban J connectivity index is 1.62. The van der Waals surface area contributed by atoms with Crippen molar-refractivity contribution in [2.24, 2.45) is 7.05 Å². The van der Waals surface area contributed by atoms with E-state index in [4.69, 9.17) is 0 Å². The molecule has 0 radical (unpaired) electrons. The van der Waals surface area contributed by atoms with Crippen LogP contribution >= 0.6 is 11.3 Å². The van der Waals surface area contributed by atoms with Gasteiger partial charge in [0.15, 0.2) is 0 Å². The molecule has 0 aliphatic carbocycles. The lowest BCUT2D eigenvalue weighted by molar-refractivity contribution is 0.655. The smallest absolute Gasteiger partial charge is 0.108 e. The van der Waals surface area contributed by atoms with E-state index in [0.29, 0.717) is 0 Å². The molecule has 2 aromatic heterocycles. The minimum Gasteiger partial charge on any atom is -0.305 e. The van der Waals surface area contributed by atoms with Gasteiger partial charge in [-0.2, -0.15) is 5.10 Å². The molecule has 0 aliphatic rings. The summed E-state index contributed by atoms with van der Waals surface area (Å²) in [6.45, 7) is 1.56. The van der Waals surface area contributed by atoms with Gasteiger partial charge in [0, 0.05) is 26.3 Å². The lowest BCUT2D eigenvalue weighted by Gasteiger charge is -1.98. The normalized spacial score (nSPS) is 11.2. The minimum atomic E-state index is 0.775. The topological polar surface area (TPSA) is 42.7 Å². The zero-order valence-electron chi connectivity index (χ0n) is 10.1. The van der Waals surface area contributed by atoms with Crippen molar-refractivity contribution in [3.05, 3.63) is 47.2 Å². The zero-order valence-corrected chi connectivity index (χ0v) is 10.9. The Morgan fingerprint density at radius 2 is 2.11 bits per heavy atom. The fourth-order valence-electron chi connectivity index (χ4n) is 1.85. The van der Waals surface area contributed by atoms with Gasteiger partial charge in [0.05, 0.1) is 15.9 Å². The number of fused-ring (bicyclic) bond motifs is 1. The van der Waals surface area contributed by atoms with Crippen molar-refractivity contribution in [3.8, 4) is 0 Å². The number of aryl methyl sites for hydroxylation is 1. The van der Waals surface area contributed by atoms with Gasteiger partial charge in [-0.1, -0.05) is 12.1 Å². The fraction of sp³-hybridized carbons (Fsp3) is 0.231. The van der Waals surface area contributed by atoms with Gasteiger partial charge in [-0.25, -0.2) is 4.98 Å². The third kappa shape index (κ3) is 2.42. The van der Waals surface area contributed by atoms with Gasteiger partial charge in [0.1, 0.15) is 5.01 Å². The molecule has 0 spiro atoms. The summed E-state index contributed by atoms with van der Waals surface area (Å²) in [6, 6.07) is 10.2. The predicted octanol–water partition coefficient (Wildman–Crippen LogP) is 2.32. The Morgan fingerprint density at radius 1 is 1.22 bits per heavy atom. The van der Waals surface area contributed by atoms with Crippen LogP contribution < -0.4 is 5.32 Å². The molecule has 0 saturated heterocycles. The van der Waals surface area contributed by atoms with E-state index in [0.717, 1.165) is 29.3 Å². The van der Waals surface area contributed by atoms with Crippen LogP contribution in [0.2, 0.25) is 0 Å². The van der Waals surface area contributed by atoms with E-state index < -0.39 is 0 Å². The number of aromatic nitrogens is 3. The molecule has 0 amide bonds. The first kappa shape index (κ1) is 11.4. The maximum Gasteiger partial charge on any atom is 0.108 e. The third-order valence-electron chi connectivity index (χ3n) is 2.69. The largest absolute Gasteiger partial charge is 0.305 e. The van der Waals surface area contributed by atoms with Crippen molar-refractivity contribution in [3.63, 3.8) is 0 Å². The van der Waals surface area contributed by atoms with E-state index in [2.05, 4.69) is 21.5 Å². The summed E-state index contributed by atoms with van der Waals surface area (Å²) in [5.74, 6) is 0. The predicted molar refractivity (Wildman–Crippen MR) is 73.4 cm³/mol. The van der Waals surface area contributed by atoms with Gasteiger partial charge in [-0.3, -0.25) is 4.68 Å². The Hall–Kier alpha value is -1.72. The van der Waals surface area contributed by atoms with Crippen LogP contribution in [0, 0.1) is 0 Å². The Bertz CT molecular complexity index is 623. The van der Waals surface area contributed by atoms with Gasteiger partial charge in [-0.05, 0) is 18.2 Å². The lowest BCUT2D eigenvalue weighted by Crippen LogP contribution is -2.13. The molecule has 0 aliphatic heterocycles. The molecule has 0 bridgehead atoms. The summed E-state index contributed by atoms with van der Waals surface area (Å²) in [7, 11) is 1.93. The highest BCUT2D eigenvalue weighted by Gasteiger charge is 2.03. The average molecular weight is 258 g/mol. The Labute approximate surface area is 109 Å². The number of para-hydroxylation sites is 1. The summed E-state index contributed by atoms with van der Waals surface area (Å²) in [5.41, 5.74) is 2.13. The van der Waals surface area contributed by atoms with Crippen molar-refractivity contribution < 1.29 is 0 Å². The van der Waals surface area contributed by atoms with Crippen LogP contribution in [-0.4, -0.2) is 14.8 Å². The van der Waals surface area contributed by atoms with Crippen LogP contribution in [0.1, 0.15) is 10.7 Å².